The molecule has 1 N–H and O–H groups in total. The van der Waals surface area contributed by atoms with Crippen LogP contribution in [-0.4, -0.2) is 34.9 Å². The summed E-state index contributed by atoms with van der Waals surface area (Å²) in [6, 6.07) is 1.05. The van der Waals surface area contributed by atoms with Gasteiger partial charge < -0.3 is 19.4 Å². The summed E-state index contributed by atoms with van der Waals surface area (Å²) in [5.41, 5.74) is -0.996. The highest BCUT2D eigenvalue weighted by molar-refractivity contribution is 5.88. The first-order chi connectivity index (χ1) is 10.6. The molecule has 0 radical (unpaired) electrons. The molecule has 0 spiro atoms. The second-order valence-electron chi connectivity index (χ2n) is 6.19. The lowest BCUT2D eigenvalue weighted by Gasteiger charge is -2.22. The fourth-order valence-corrected chi connectivity index (χ4v) is 1.87. The Kier molecular flexibility index (Phi) is 6.36. The highest BCUT2D eigenvalue weighted by Gasteiger charge is 2.18. The molecule has 0 aliphatic carbocycles. The first-order valence-electron chi connectivity index (χ1n) is 7.49. The Balaban J connectivity index is 2.73. The Labute approximate surface area is 135 Å². The van der Waals surface area contributed by atoms with Crippen LogP contribution in [0.2, 0.25) is 0 Å². The SMILES string of the molecule is CCOC(=O)c1cn(CC(C)NC(=O)OC(C)(C)C)ccc1=O. The van der Waals surface area contributed by atoms with Gasteiger partial charge in [0, 0.05) is 31.0 Å². The Morgan fingerprint density at radius 3 is 2.57 bits per heavy atom. The van der Waals surface area contributed by atoms with E-state index in [0.29, 0.717) is 6.54 Å². The maximum absolute atomic E-state index is 11.7. The first kappa shape index (κ1) is 18.7. The second kappa shape index (κ2) is 7.80. The summed E-state index contributed by atoms with van der Waals surface area (Å²) in [4.78, 5) is 35.1. The molecule has 1 rings (SSSR count). The van der Waals surface area contributed by atoms with E-state index in [0.717, 1.165) is 0 Å². The van der Waals surface area contributed by atoms with Crippen LogP contribution in [-0.2, 0) is 16.0 Å². The van der Waals surface area contributed by atoms with Crippen LogP contribution in [0.3, 0.4) is 0 Å². The minimum Gasteiger partial charge on any atom is -0.462 e. The molecule has 1 aromatic heterocycles. The molecule has 1 amide bonds. The fraction of sp³-hybridized carbons (Fsp3) is 0.562. The predicted octanol–water partition coefficient (Wildman–Crippen LogP) is 1.94. The molecule has 0 saturated heterocycles. The molecule has 0 aliphatic heterocycles. The molecule has 7 heteroatoms. The zero-order chi connectivity index (χ0) is 17.6. The number of nitrogens with zero attached hydrogens (tertiary/aromatic N) is 1. The lowest BCUT2D eigenvalue weighted by Crippen LogP contribution is -2.39. The van der Waals surface area contributed by atoms with E-state index in [1.807, 2.05) is 0 Å². The van der Waals surface area contributed by atoms with Crippen molar-refractivity contribution in [1.82, 2.24) is 9.88 Å². The average Bonchev–Trinajstić information content (AvgIpc) is 2.38. The van der Waals surface area contributed by atoms with Crippen molar-refractivity contribution < 1.29 is 19.1 Å². The van der Waals surface area contributed by atoms with Crippen LogP contribution in [0.5, 0.6) is 0 Å². The van der Waals surface area contributed by atoms with Gasteiger partial charge in [0.2, 0.25) is 0 Å². The first-order valence-corrected chi connectivity index (χ1v) is 7.49. The minimum atomic E-state index is -0.653. The van der Waals surface area contributed by atoms with Crippen molar-refractivity contribution in [3.05, 3.63) is 34.2 Å². The molecule has 1 atom stereocenters. The van der Waals surface area contributed by atoms with Crippen molar-refractivity contribution in [2.24, 2.45) is 0 Å². The van der Waals surface area contributed by atoms with Crippen molar-refractivity contribution in [3.8, 4) is 0 Å². The van der Waals surface area contributed by atoms with Crippen molar-refractivity contribution in [1.29, 1.82) is 0 Å². The standard InChI is InChI=1S/C16H24N2O5/c1-6-22-14(20)12-10-18(8-7-13(12)19)9-11(2)17-15(21)23-16(3,4)5/h7-8,10-11H,6,9H2,1-5H3,(H,17,21). The number of alkyl carbamates (subject to hydrolysis) is 1. The third-order valence-corrected chi connectivity index (χ3v) is 2.72. The summed E-state index contributed by atoms with van der Waals surface area (Å²) in [6.45, 7) is 9.40. The van der Waals surface area contributed by atoms with Gasteiger partial charge in [-0.3, -0.25) is 4.79 Å². The van der Waals surface area contributed by atoms with E-state index in [2.05, 4.69) is 5.32 Å². The number of aromatic nitrogens is 1. The topological polar surface area (TPSA) is 86.6 Å². The molecule has 0 bridgehead atoms. The lowest BCUT2D eigenvalue weighted by molar-refractivity contribution is 0.0496. The summed E-state index contributed by atoms with van der Waals surface area (Å²) < 4.78 is 11.7. The van der Waals surface area contributed by atoms with E-state index in [1.165, 1.54) is 12.3 Å². The highest BCUT2D eigenvalue weighted by atomic mass is 16.6. The molecule has 0 aliphatic rings. The molecular weight excluding hydrogens is 300 g/mol. The molecule has 0 fully saturated rings. The lowest BCUT2D eigenvalue weighted by atomic mass is 10.2. The van der Waals surface area contributed by atoms with Gasteiger partial charge in [-0.2, -0.15) is 0 Å². The Hall–Kier alpha value is -2.31. The van der Waals surface area contributed by atoms with Crippen LogP contribution >= 0.6 is 0 Å². The van der Waals surface area contributed by atoms with E-state index in [4.69, 9.17) is 9.47 Å². The number of nitrogens with one attached hydrogen (secondary N) is 1. The van der Waals surface area contributed by atoms with Gasteiger partial charge in [0.1, 0.15) is 11.2 Å². The van der Waals surface area contributed by atoms with E-state index in [1.54, 1.807) is 45.4 Å². The third kappa shape index (κ3) is 6.54. The van der Waals surface area contributed by atoms with Crippen LogP contribution in [0, 0.1) is 0 Å². The number of carbonyl (C=O) groups is 2. The summed E-state index contributed by atoms with van der Waals surface area (Å²) in [6.07, 6.45) is 2.46. The molecule has 0 saturated carbocycles. The molecule has 1 aromatic rings. The predicted molar refractivity (Wildman–Crippen MR) is 85.5 cm³/mol. The van der Waals surface area contributed by atoms with Gasteiger partial charge in [-0.05, 0) is 34.6 Å². The monoisotopic (exact) mass is 324 g/mol. The molecular formula is C16H24N2O5. The maximum Gasteiger partial charge on any atom is 0.407 e. The zero-order valence-corrected chi connectivity index (χ0v) is 14.2. The Bertz CT molecular complexity index is 616. The third-order valence-electron chi connectivity index (χ3n) is 2.72. The van der Waals surface area contributed by atoms with Gasteiger partial charge >= 0.3 is 12.1 Å². The fourth-order valence-electron chi connectivity index (χ4n) is 1.87. The van der Waals surface area contributed by atoms with Crippen molar-refractivity contribution >= 4 is 12.1 Å². The summed E-state index contributed by atoms with van der Waals surface area (Å²) >= 11 is 0. The average molecular weight is 324 g/mol. The quantitative estimate of drug-likeness (QED) is 0.836. The van der Waals surface area contributed by atoms with Crippen molar-refractivity contribution in [2.75, 3.05) is 6.61 Å². The Morgan fingerprint density at radius 1 is 1.35 bits per heavy atom. The van der Waals surface area contributed by atoms with E-state index >= 15 is 0 Å². The van der Waals surface area contributed by atoms with Gasteiger partial charge in [0.25, 0.3) is 0 Å². The summed E-state index contributed by atoms with van der Waals surface area (Å²) in [7, 11) is 0. The molecule has 7 nitrogen and oxygen atoms in total. The van der Waals surface area contributed by atoms with Gasteiger partial charge in [-0.15, -0.1) is 0 Å². The van der Waals surface area contributed by atoms with Gasteiger partial charge in [0.05, 0.1) is 6.61 Å². The highest BCUT2D eigenvalue weighted by Crippen LogP contribution is 2.07. The van der Waals surface area contributed by atoms with Crippen LogP contribution in [0.1, 0.15) is 45.0 Å². The van der Waals surface area contributed by atoms with Crippen LogP contribution in [0.25, 0.3) is 0 Å². The minimum absolute atomic E-state index is 0.0289. The van der Waals surface area contributed by atoms with Crippen molar-refractivity contribution in [3.63, 3.8) is 0 Å². The van der Waals surface area contributed by atoms with Crippen LogP contribution < -0.4 is 10.7 Å². The molecule has 1 unspecified atom stereocenters. The number of rotatable bonds is 5. The maximum atomic E-state index is 11.7. The Morgan fingerprint density at radius 2 is 2.00 bits per heavy atom. The normalized spacial score (nSPS) is 12.4. The number of esters is 1. The number of hydrogen-bond acceptors (Lipinski definition) is 5. The second-order valence-corrected chi connectivity index (χ2v) is 6.19. The number of carbonyl (C=O) groups excluding carboxylic acids is 2. The van der Waals surface area contributed by atoms with Gasteiger partial charge in [-0.25, -0.2) is 9.59 Å². The molecule has 0 aromatic carbocycles. The van der Waals surface area contributed by atoms with Crippen LogP contribution in [0.15, 0.2) is 23.3 Å². The number of pyridine rings is 1. The zero-order valence-electron chi connectivity index (χ0n) is 14.2. The number of hydrogen-bond donors (Lipinski definition) is 1. The summed E-state index contributed by atoms with van der Waals surface area (Å²) in [5, 5.41) is 2.70. The van der Waals surface area contributed by atoms with Gasteiger partial charge in [0.15, 0.2) is 5.43 Å². The van der Waals surface area contributed by atoms with Crippen LogP contribution in [0.4, 0.5) is 4.79 Å². The molecule has 23 heavy (non-hydrogen) atoms. The molecule has 128 valence electrons. The van der Waals surface area contributed by atoms with E-state index in [9.17, 15) is 14.4 Å². The number of amides is 1. The largest absolute Gasteiger partial charge is 0.462 e. The smallest absolute Gasteiger partial charge is 0.407 e. The molecule has 1 heterocycles. The van der Waals surface area contributed by atoms with E-state index < -0.39 is 23.1 Å². The van der Waals surface area contributed by atoms with Crippen molar-refractivity contribution in [2.45, 2.75) is 52.8 Å². The van der Waals surface area contributed by atoms with Gasteiger partial charge in [-0.1, -0.05) is 0 Å². The van der Waals surface area contributed by atoms with E-state index in [-0.39, 0.29) is 18.2 Å². The number of ether oxygens (including phenoxy) is 2. The summed E-state index contributed by atoms with van der Waals surface area (Å²) in [5.74, 6) is -0.653.